The van der Waals surface area contributed by atoms with E-state index in [4.69, 9.17) is 4.42 Å². The molecule has 0 saturated heterocycles. The molecule has 0 spiro atoms. The van der Waals surface area contributed by atoms with E-state index in [-0.39, 0.29) is 17.1 Å². The third-order valence-corrected chi connectivity index (χ3v) is 2.39. The average Bonchev–Trinajstić information content (AvgIpc) is 2.95. The second-order valence-electron chi connectivity index (χ2n) is 3.74. The van der Waals surface area contributed by atoms with E-state index < -0.39 is 17.8 Å². The van der Waals surface area contributed by atoms with Crippen LogP contribution in [0, 0.1) is 5.82 Å². The van der Waals surface area contributed by atoms with E-state index in [9.17, 15) is 14.0 Å². The minimum atomic E-state index is -0.781. The molecule has 0 aliphatic carbocycles. The van der Waals surface area contributed by atoms with Crippen LogP contribution >= 0.6 is 0 Å². The number of amides is 2. The van der Waals surface area contributed by atoms with Crippen LogP contribution in [0.5, 0.6) is 0 Å². The van der Waals surface area contributed by atoms with Crippen molar-refractivity contribution in [3.63, 3.8) is 0 Å². The van der Waals surface area contributed by atoms with Crippen LogP contribution < -0.4 is 10.6 Å². The van der Waals surface area contributed by atoms with Crippen LogP contribution in [0.3, 0.4) is 0 Å². The smallest absolute Gasteiger partial charge is 0.411 e. The Bertz CT molecular complexity index is 625. The van der Waals surface area contributed by atoms with Gasteiger partial charge in [-0.3, -0.25) is 10.1 Å². The lowest BCUT2D eigenvalue weighted by molar-refractivity contribution is 0.0996. The highest BCUT2D eigenvalue weighted by Gasteiger charge is 2.11. The number of methoxy groups -OCH3 is 1. The van der Waals surface area contributed by atoms with E-state index in [1.54, 1.807) is 6.07 Å². The molecule has 0 fully saturated rings. The van der Waals surface area contributed by atoms with Gasteiger partial charge in [-0.05, 0) is 30.3 Å². The number of anilines is 2. The predicted octanol–water partition coefficient (Wildman–Crippen LogP) is 2.85. The van der Waals surface area contributed by atoms with Crippen LogP contribution in [-0.4, -0.2) is 19.1 Å². The monoisotopic (exact) mass is 278 g/mol. The van der Waals surface area contributed by atoms with Gasteiger partial charge in [-0.15, -0.1) is 0 Å². The molecule has 2 amide bonds. The summed E-state index contributed by atoms with van der Waals surface area (Å²) >= 11 is 0. The van der Waals surface area contributed by atoms with E-state index >= 15 is 0 Å². The zero-order chi connectivity index (χ0) is 14.5. The molecule has 104 valence electrons. The molecule has 0 atom stereocenters. The van der Waals surface area contributed by atoms with Crippen molar-refractivity contribution in [2.75, 3.05) is 17.7 Å². The van der Waals surface area contributed by atoms with Gasteiger partial charge in [0.25, 0.3) is 5.91 Å². The van der Waals surface area contributed by atoms with Crippen molar-refractivity contribution in [3.8, 4) is 0 Å². The van der Waals surface area contributed by atoms with E-state index in [0.29, 0.717) is 0 Å². The van der Waals surface area contributed by atoms with Crippen molar-refractivity contribution in [1.29, 1.82) is 0 Å². The summed E-state index contributed by atoms with van der Waals surface area (Å²) in [5.41, 5.74) is 0.187. The van der Waals surface area contributed by atoms with Crippen molar-refractivity contribution in [2.45, 2.75) is 0 Å². The molecule has 2 rings (SSSR count). The summed E-state index contributed by atoms with van der Waals surface area (Å²) in [5, 5.41) is 4.66. The molecule has 1 heterocycles. The fourth-order valence-electron chi connectivity index (χ4n) is 1.46. The Labute approximate surface area is 113 Å². The molecule has 20 heavy (non-hydrogen) atoms. The van der Waals surface area contributed by atoms with E-state index in [0.717, 1.165) is 6.07 Å². The van der Waals surface area contributed by atoms with Crippen LogP contribution in [0.2, 0.25) is 0 Å². The summed E-state index contributed by atoms with van der Waals surface area (Å²) < 4.78 is 23.0. The molecule has 0 saturated carbocycles. The molecular formula is C13H11FN2O4. The molecule has 0 radical (unpaired) electrons. The second-order valence-corrected chi connectivity index (χ2v) is 3.74. The first-order valence-corrected chi connectivity index (χ1v) is 5.59. The molecule has 2 N–H and O–H groups in total. The highest BCUT2D eigenvalue weighted by atomic mass is 19.1. The molecular weight excluding hydrogens is 267 g/mol. The van der Waals surface area contributed by atoms with Gasteiger partial charge >= 0.3 is 6.09 Å². The van der Waals surface area contributed by atoms with Crippen molar-refractivity contribution in [3.05, 3.63) is 48.2 Å². The molecule has 2 aromatic rings. The lowest BCUT2D eigenvalue weighted by Gasteiger charge is -2.07. The van der Waals surface area contributed by atoms with Gasteiger partial charge in [0, 0.05) is 5.69 Å². The number of nitrogens with one attached hydrogen (secondary N) is 2. The summed E-state index contributed by atoms with van der Waals surface area (Å²) in [6.45, 7) is 0. The minimum absolute atomic E-state index is 0.0483. The van der Waals surface area contributed by atoms with Crippen molar-refractivity contribution in [2.24, 2.45) is 0 Å². The van der Waals surface area contributed by atoms with Gasteiger partial charge in [0.1, 0.15) is 5.82 Å². The maximum absolute atomic E-state index is 13.7. The number of halogens is 1. The Balaban J connectivity index is 2.09. The lowest BCUT2D eigenvalue weighted by Crippen LogP contribution is -2.13. The van der Waals surface area contributed by atoms with Gasteiger partial charge in [-0.25, -0.2) is 9.18 Å². The molecule has 0 aliphatic rings. The third-order valence-electron chi connectivity index (χ3n) is 2.39. The zero-order valence-corrected chi connectivity index (χ0v) is 10.5. The summed E-state index contributed by atoms with van der Waals surface area (Å²) in [4.78, 5) is 22.6. The van der Waals surface area contributed by atoms with Crippen LogP contribution in [0.25, 0.3) is 0 Å². The number of carbonyl (C=O) groups is 2. The lowest BCUT2D eigenvalue weighted by atomic mass is 10.2. The van der Waals surface area contributed by atoms with E-state index in [2.05, 4.69) is 15.4 Å². The van der Waals surface area contributed by atoms with Crippen LogP contribution in [0.1, 0.15) is 10.6 Å². The first kappa shape index (κ1) is 13.6. The van der Waals surface area contributed by atoms with Gasteiger partial charge in [-0.2, -0.15) is 0 Å². The largest absolute Gasteiger partial charge is 0.459 e. The fraction of sp³-hybridized carbons (Fsp3) is 0.0769. The van der Waals surface area contributed by atoms with Crippen LogP contribution in [-0.2, 0) is 4.74 Å². The molecule has 1 aromatic heterocycles. The molecule has 0 bridgehead atoms. The molecule has 1 aromatic carbocycles. The highest BCUT2D eigenvalue weighted by molar-refractivity contribution is 6.02. The predicted molar refractivity (Wildman–Crippen MR) is 69.1 cm³/mol. The zero-order valence-electron chi connectivity index (χ0n) is 10.5. The van der Waals surface area contributed by atoms with Crippen molar-refractivity contribution in [1.82, 2.24) is 0 Å². The molecule has 6 nitrogen and oxygen atoms in total. The Morgan fingerprint density at radius 2 is 2.05 bits per heavy atom. The normalized spacial score (nSPS) is 9.90. The number of hydrogen-bond donors (Lipinski definition) is 2. The first-order chi connectivity index (χ1) is 9.60. The highest BCUT2D eigenvalue weighted by Crippen LogP contribution is 2.19. The number of furan rings is 1. The minimum Gasteiger partial charge on any atom is -0.459 e. The van der Waals surface area contributed by atoms with Crippen molar-refractivity contribution >= 4 is 23.4 Å². The number of carbonyl (C=O) groups excluding carboxylic acids is 2. The third kappa shape index (κ3) is 3.14. The second kappa shape index (κ2) is 5.87. The standard InChI is InChI=1S/C13H11FN2O4/c1-19-13(18)16-10-5-4-8(7-9(10)14)15-12(17)11-3-2-6-20-11/h2-7H,1H3,(H,15,17)(H,16,18). The maximum atomic E-state index is 13.7. The number of hydrogen-bond acceptors (Lipinski definition) is 4. The van der Waals surface area contributed by atoms with E-state index in [1.165, 1.54) is 31.6 Å². The van der Waals surface area contributed by atoms with Crippen molar-refractivity contribution < 1.29 is 23.1 Å². The maximum Gasteiger partial charge on any atom is 0.411 e. The van der Waals surface area contributed by atoms with E-state index in [1.807, 2.05) is 0 Å². The molecule has 7 heteroatoms. The van der Waals surface area contributed by atoms with Gasteiger partial charge < -0.3 is 14.5 Å². The van der Waals surface area contributed by atoms with Crippen LogP contribution in [0.15, 0.2) is 41.0 Å². The number of ether oxygens (including phenoxy) is 1. The summed E-state index contributed by atoms with van der Waals surface area (Å²) in [6, 6.07) is 6.88. The Kier molecular flexibility index (Phi) is 3.99. The first-order valence-electron chi connectivity index (χ1n) is 5.59. The average molecular weight is 278 g/mol. The van der Waals surface area contributed by atoms with Crippen LogP contribution in [0.4, 0.5) is 20.6 Å². The van der Waals surface area contributed by atoms with Gasteiger partial charge in [-0.1, -0.05) is 0 Å². The summed E-state index contributed by atoms with van der Waals surface area (Å²) in [5.74, 6) is -1.09. The van der Waals surface area contributed by atoms with Gasteiger partial charge in [0.05, 0.1) is 19.1 Å². The fourth-order valence-corrected chi connectivity index (χ4v) is 1.46. The van der Waals surface area contributed by atoms with Gasteiger partial charge in [0.2, 0.25) is 0 Å². The number of rotatable bonds is 3. The Morgan fingerprint density at radius 3 is 2.65 bits per heavy atom. The van der Waals surface area contributed by atoms with Gasteiger partial charge in [0.15, 0.2) is 5.76 Å². The molecule has 0 unspecified atom stereocenters. The Hall–Kier alpha value is -2.83. The summed E-state index contributed by atoms with van der Waals surface area (Å²) in [6.07, 6.45) is 0.579. The SMILES string of the molecule is COC(=O)Nc1ccc(NC(=O)c2ccco2)cc1F. The topological polar surface area (TPSA) is 80.6 Å². The number of benzene rings is 1. The summed E-state index contributed by atoms with van der Waals surface area (Å²) in [7, 11) is 1.17. The molecule has 0 aliphatic heterocycles. The Morgan fingerprint density at radius 1 is 1.25 bits per heavy atom. The quantitative estimate of drug-likeness (QED) is 0.904.